The van der Waals surface area contributed by atoms with Gasteiger partial charge in [-0.3, -0.25) is 4.79 Å². The standard InChI is InChI=1S/C8H7O2S/c1-7(9)10-11-8-5-3-2-4-6-8/h2-5H,1H3. The van der Waals surface area contributed by atoms with Crippen LogP contribution in [0.1, 0.15) is 6.92 Å². The fraction of sp³-hybridized carbons (Fsp3) is 0.125. The summed E-state index contributed by atoms with van der Waals surface area (Å²) in [6, 6.07) is 10.2. The molecule has 0 saturated carbocycles. The zero-order valence-corrected chi connectivity index (χ0v) is 6.85. The summed E-state index contributed by atoms with van der Waals surface area (Å²) in [7, 11) is 0. The second kappa shape index (κ2) is 4.03. The molecule has 0 aromatic heterocycles. The number of carbonyl (C=O) groups excluding carboxylic acids is 1. The van der Waals surface area contributed by atoms with Crippen LogP contribution in [0.4, 0.5) is 0 Å². The SMILES string of the molecule is CC(=O)OSc1[c]cccc1. The Bertz CT molecular complexity index is 233. The van der Waals surface area contributed by atoms with Crippen LogP contribution >= 0.6 is 12.0 Å². The van der Waals surface area contributed by atoms with Crippen LogP contribution in [-0.2, 0) is 8.98 Å². The molecule has 11 heavy (non-hydrogen) atoms. The number of benzene rings is 1. The van der Waals surface area contributed by atoms with Gasteiger partial charge < -0.3 is 4.18 Å². The van der Waals surface area contributed by atoms with Crippen LogP contribution in [0.2, 0.25) is 0 Å². The van der Waals surface area contributed by atoms with Gasteiger partial charge in [-0.05, 0) is 12.1 Å². The fourth-order valence-corrected chi connectivity index (χ4v) is 0.990. The Labute approximate surface area is 69.8 Å². The van der Waals surface area contributed by atoms with Gasteiger partial charge in [-0.1, -0.05) is 18.2 Å². The Kier molecular flexibility index (Phi) is 2.98. The topological polar surface area (TPSA) is 26.3 Å². The second-order valence-electron chi connectivity index (χ2n) is 1.89. The minimum Gasteiger partial charge on any atom is -0.386 e. The van der Waals surface area contributed by atoms with Crippen molar-refractivity contribution in [1.29, 1.82) is 0 Å². The third kappa shape index (κ3) is 3.09. The summed E-state index contributed by atoms with van der Waals surface area (Å²) in [6.07, 6.45) is 0. The van der Waals surface area contributed by atoms with Gasteiger partial charge in [0.1, 0.15) is 0 Å². The molecule has 0 aliphatic rings. The number of hydrogen-bond acceptors (Lipinski definition) is 3. The smallest absolute Gasteiger partial charge is 0.315 e. The summed E-state index contributed by atoms with van der Waals surface area (Å²) in [5, 5.41) is 0. The molecule has 1 radical (unpaired) electrons. The van der Waals surface area contributed by atoms with Gasteiger partial charge >= 0.3 is 5.97 Å². The van der Waals surface area contributed by atoms with Crippen molar-refractivity contribution < 1.29 is 8.98 Å². The lowest BCUT2D eigenvalue weighted by molar-refractivity contribution is -0.130. The van der Waals surface area contributed by atoms with Gasteiger partial charge in [-0.2, -0.15) is 0 Å². The lowest BCUT2D eigenvalue weighted by atomic mass is 10.4. The highest BCUT2D eigenvalue weighted by Gasteiger charge is 1.95. The van der Waals surface area contributed by atoms with Crippen LogP contribution in [0, 0.1) is 6.07 Å². The average Bonchev–Trinajstić information content (AvgIpc) is 2.03. The molecule has 0 spiro atoms. The number of carbonyl (C=O) groups is 1. The van der Waals surface area contributed by atoms with E-state index in [0.717, 1.165) is 16.9 Å². The van der Waals surface area contributed by atoms with Crippen LogP contribution in [0.3, 0.4) is 0 Å². The van der Waals surface area contributed by atoms with E-state index in [1.807, 2.05) is 18.2 Å². The van der Waals surface area contributed by atoms with E-state index in [4.69, 9.17) is 0 Å². The summed E-state index contributed by atoms with van der Waals surface area (Å²) in [5.41, 5.74) is 0. The van der Waals surface area contributed by atoms with E-state index in [0.29, 0.717) is 0 Å². The number of rotatable bonds is 2. The van der Waals surface area contributed by atoms with E-state index >= 15 is 0 Å². The van der Waals surface area contributed by atoms with Crippen molar-refractivity contribution in [2.45, 2.75) is 11.8 Å². The van der Waals surface area contributed by atoms with Crippen LogP contribution in [0.5, 0.6) is 0 Å². The average molecular weight is 167 g/mol. The van der Waals surface area contributed by atoms with E-state index < -0.39 is 0 Å². The van der Waals surface area contributed by atoms with E-state index in [2.05, 4.69) is 10.2 Å². The Morgan fingerprint density at radius 2 is 2.45 bits per heavy atom. The minimum atomic E-state index is -0.299. The zero-order valence-electron chi connectivity index (χ0n) is 6.03. The first-order chi connectivity index (χ1) is 5.29. The van der Waals surface area contributed by atoms with Crippen LogP contribution in [0.25, 0.3) is 0 Å². The molecule has 0 N–H and O–H groups in total. The predicted octanol–water partition coefficient (Wildman–Crippen LogP) is 2.06. The first kappa shape index (κ1) is 8.14. The van der Waals surface area contributed by atoms with Gasteiger partial charge in [0.15, 0.2) is 0 Å². The molecule has 1 aromatic carbocycles. The maximum absolute atomic E-state index is 10.4. The quantitative estimate of drug-likeness (QED) is 0.630. The van der Waals surface area contributed by atoms with Gasteiger partial charge in [0.05, 0.1) is 16.9 Å². The molecule has 0 saturated heterocycles. The fourth-order valence-electron chi connectivity index (χ4n) is 0.532. The number of hydrogen-bond donors (Lipinski definition) is 0. The maximum atomic E-state index is 10.4. The maximum Gasteiger partial charge on any atom is 0.315 e. The third-order valence-corrected chi connectivity index (χ3v) is 1.68. The first-order valence-electron chi connectivity index (χ1n) is 3.11. The van der Waals surface area contributed by atoms with Crippen molar-refractivity contribution >= 4 is 18.0 Å². The van der Waals surface area contributed by atoms with Gasteiger partial charge in [-0.25, -0.2) is 0 Å². The molecule has 0 atom stereocenters. The van der Waals surface area contributed by atoms with Gasteiger partial charge in [0.2, 0.25) is 0 Å². The Morgan fingerprint density at radius 3 is 3.00 bits per heavy atom. The Balaban J connectivity index is 2.45. The van der Waals surface area contributed by atoms with Crippen molar-refractivity contribution in [1.82, 2.24) is 0 Å². The summed E-state index contributed by atoms with van der Waals surface area (Å²) in [5.74, 6) is -0.299. The van der Waals surface area contributed by atoms with Crippen molar-refractivity contribution in [2.75, 3.05) is 0 Å². The molecule has 1 aromatic rings. The molecule has 1 rings (SSSR count). The van der Waals surface area contributed by atoms with Crippen molar-refractivity contribution in [3.63, 3.8) is 0 Å². The molecule has 0 amide bonds. The molecule has 0 aliphatic carbocycles. The summed E-state index contributed by atoms with van der Waals surface area (Å²) >= 11 is 1.02. The van der Waals surface area contributed by atoms with Crippen LogP contribution in [-0.4, -0.2) is 5.97 Å². The highest BCUT2D eigenvalue weighted by atomic mass is 32.2. The summed E-state index contributed by atoms with van der Waals surface area (Å²) in [6.45, 7) is 1.37. The molecule has 0 unspecified atom stereocenters. The van der Waals surface area contributed by atoms with Crippen molar-refractivity contribution in [3.05, 3.63) is 30.3 Å². The molecule has 0 aliphatic heterocycles. The molecular weight excluding hydrogens is 160 g/mol. The third-order valence-electron chi connectivity index (χ3n) is 0.929. The van der Waals surface area contributed by atoms with E-state index in [1.165, 1.54) is 6.92 Å². The predicted molar refractivity (Wildman–Crippen MR) is 42.9 cm³/mol. The lowest BCUT2D eigenvalue weighted by Gasteiger charge is -1.96. The van der Waals surface area contributed by atoms with Gasteiger partial charge in [-0.15, -0.1) is 0 Å². The normalized spacial score (nSPS) is 9.18. The van der Waals surface area contributed by atoms with Crippen molar-refractivity contribution in [2.24, 2.45) is 0 Å². The highest BCUT2D eigenvalue weighted by Crippen LogP contribution is 2.16. The summed E-state index contributed by atoms with van der Waals surface area (Å²) in [4.78, 5) is 11.2. The molecule has 0 bridgehead atoms. The van der Waals surface area contributed by atoms with E-state index in [9.17, 15) is 4.79 Å². The Morgan fingerprint density at radius 1 is 1.64 bits per heavy atom. The lowest BCUT2D eigenvalue weighted by Crippen LogP contribution is -1.88. The van der Waals surface area contributed by atoms with Gasteiger partial charge in [0, 0.05) is 6.92 Å². The van der Waals surface area contributed by atoms with Crippen LogP contribution < -0.4 is 0 Å². The molecule has 0 heterocycles. The first-order valence-corrected chi connectivity index (χ1v) is 3.85. The highest BCUT2D eigenvalue weighted by molar-refractivity contribution is 7.95. The van der Waals surface area contributed by atoms with Crippen LogP contribution in [0.15, 0.2) is 29.2 Å². The molecule has 57 valence electrons. The molecular formula is C8H7O2S. The van der Waals surface area contributed by atoms with Gasteiger partial charge in [0.25, 0.3) is 0 Å². The minimum absolute atomic E-state index is 0.299. The zero-order chi connectivity index (χ0) is 8.10. The molecule has 3 heteroatoms. The van der Waals surface area contributed by atoms with Crippen molar-refractivity contribution in [3.8, 4) is 0 Å². The molecule has 0 fully saturated rings. The van der Waals surface area contributed by atoms with E-state index in [-0.39, 0.29) is 5.97 Å². The summed E-state index contributed by atoms with van der Waals surface area (Å²) < 4.78 is 4.67. The second-order valence-corrected chi connectivity index (χ2v) is 2.66. The largest absolute Gasteiger partial charge is 0.386 e. The monoisotopic (exact) mass is 167 g/mol. The Hall–Kier alpha value is -0.960. The molecule has 2 nitrogen and oxygen atoms in total. The van der Waals surface area contributed by atoms with E-state index in [1.54, 1.807) is 6.07 Å².